The average Bonchev–Trinajstić information content (AvgIpc) is 2.63. The summed E-state index contributed by atoms with van der Waals surface area (Å²) in [6.07, 6.45) is 2.66. The molecule has 1 N–H and O–H groups in total. The lowest BCUT2D eigenvalue weighted by Gasteiger charge is -2.20. The van der Waals surface area contributed by atoms with Crippen molar-refractivity contribution in [3.8, 4) is 0 Å². The van der Waals surface area contributed by atoms with Gasteiger partial charge in [-0.3, -0.25) is 19.3 Å². The summed E-state index contributed by atoms with van der Waals surface area (Å²) in [7, 11) is 1.39. The topological polar surface area (TPSA) is 83.9 Å². The zero-order chi connectivity index (χ0) is 14.0. The van der Waals surface area contributed by atoms with E-state index >= 15 is 0 Å². The number of carboxylic acid groups (broad SMARTS) is 1. The summed E-state index contributed by atoms with van der Waals surface area (Å²) in [6, 6.07) is 0. The Hall–Kier alpha value is -1.43. The molecule has 106 valence electrons. The third-order valence-corrected chi connectivity index (χ3v) is 4.05. The number of rotatable bonds is 5. The fourth-order valence-corrected chi connectivity index (χ4v) is 3.03. The molecule has 2 amide bonds. The highest BCUT2D eigenvalue weighted by Crippen LogP contribution is 2.38. The van der Waals surface area contributed by atoms with Gasteiger partial charge < -0.3 is 9.84 Å². The standard InChI is InChI=1S/C13H19NO5/c1-19-8(6-11(15)16)7-14-12(17)9-4-2-3-5-10(9)13(14)18/h8-10H,2-7H2,1H3,(H,15,16). The van der Waals surface area contributed by atoms with E-state index in [0.29, 0.717) is 0 Å². The Kier molecular flexibility index (Phi) is 4.19. The molecule has 0 radical (unpaired) electrons. The second kappa shape index (κ2) is 5.69. The van der Waals surface area contributed by atoms with Crippen LogP contribution in [0.2, 0.25) is 0 Å². The molecule has 1 saturated carbocycles. The summed E-state index contributed by atoms with van der Waals surface area (Å²) in [4.78, 5) is 36.3. The van der Waals surface area contributed by atoms with Gasteiger partial charge in [-0.25, -0.2) is 0 Å². The Bertz CT molecular complexity index is 370. The van der Waals surface area contributed by atoms with Crippen LogP contribution in [-0.2, 0) is 19.1 Å². The molecule has 0 spiro atoms. The molecule has 3 unspecified atom stereocenters. The first-order chi connectivity index (χ1) is 9.04. The highest BCUT2D eigenvalue weighted by molar-refractivity contribution is 6.05. The molecule has 6 heteroatoms. The van der Waals surface area contributed by atoms with E-state index in [9.17, 15) is 14.4 Å². The Morgan fingerprint density at radius 1 is 1.32 bits per heavy atom. The molecule has 1 aliphatic carbocycles. The lowest BCUT2D eigenvalue weighted by molar-refractivity contribution is -0.146. The summed E-state index contributed by atoms with van der Waals surface area (Å²) in [6.45, 7) is 0.0491. The first kappa shape index (κ1) is 14.0. The van der Waals surface area contributed by atoms with Crippen LogP contribution in [0.25, 0.3) is 0 Å². The summed E-state index contributed by atoms with van der Waals surface area (Å²) < 4.78 is 5.05. The van der Waals surface area contributed by atoms with Gasteiger partial charge in [0.1, 0.15) is 0 Å². The molecular weight excluding hydrogens is 250 g/mol. The number of ether oxygens (including phenoxy) is 1. The average molecular weight is 269 g/mol. The number of carboxylic acids is 1. The molecule has 1 aliphatic heterocycles. The maximum Gasteiger partial charge on any atom is 0.306 e. The van der Waals surface area contributed by atoms with Gasteiger partial charge in [-0.15, -0.1) is 0 Å². The van der Waals surface area contributed by atoms with E-state index in [1.54, 1.807) is 0 Å². The summed E-state index contributed by atoms with van der Waals surface area (Å²) in [5.74, 6) is -1.68. The molecule has 3 atom stereocenters. The zero-order valence-corrected chi connectivity index (χ0v) is 11.0. The van der Waals surface area contributed by atoms with Gasteiger partial charge in [0.25, 0.3) is 0 Å². The molecule has 1 heterocycles. The van der Waals surface area contributed by atoms with E-state index in [4.69, 9.17) is 9.84 Å². The molecule has 2 fully saturated rings. The molecule has 2 rings (SSSR count). The molecule has 19 heavy (non-hydrogen) atoms. The Morgan fingerprint density at radius 3 is 2.26 bits per heavy atom. The Balaban J connectivity index is 2.05. The minimum atomic E-state index is -0.997. The highest BCUT2D eigenvalue weighted by Gasteiger charge is 2.48. The number of hydrogen-bond acceptors (Lipinski definition) is 4. The van der Waals surface area contributed by atoms with Crippen LogP contribution in [0.5, 0.6) is 0 Å². The third kappa shape index (κ3) is 2.78. The lowest BCUT2D eigenvalue weighted by Crippen LogP contribution is -2.39. The number of amides is 2. The van der Waals surface area contributed by atoms with Crippen LogP contribution < -0.4 is 0 Å². The van der Waals surface area contributed by atoms with E-state index < -0.39 is 12.1 Å². The van der Waals surface area contributed by atoms with Crippen molar-refractivity contribution < 1.29 is 24.2 Å². The van der Waals surface area contributed by atoms with Crippen molar-refractivity contribution in [1.29, 1.82) is 0 Å². The molecule has 6 nitrogen and oxygen atoms in total. The lowest BCUT2D eigenvalue weighted by atomic mass is 9.81. The van der Waals surface area contributed by atoms with Crippen molar-refractivity contribution in [1.82, 2.24) is 4.90 Å². The van der Waals surface area contributed by atoms with Gasteiger partial charge in [-0.2, -0.15) is 0 Å². The maximum atomic E-state index is 12.2. The number of aliphatic carboxylic acids is 1. The van der Waals surface area contributed by atoms with E-state index in [-0.39, 0.29) is 36.6 Å². The van der Waals surface area contributed by atoms with Crippen LogP contribution in [0.15, 0.2) is 0 Å². The fourth-order valence-electron chi connectivity index (χ4n) is 3.03. The van der Waals surface area contributed by atoms with E-state index in [0.717, 1.165) is 25.7 Å². The summed E-state index contributed by atoms with van der Waals surface area (Å²) in [5.41, 5.74) is 0. The number of methoxy groups -OCH3 is 1. The highest BCUT2D eigenvalue weighted by atomic mass is 16.5. The third-order valence-electron chi connectivity index (χ3n) is 4.05. The van der Waals surface area contributed by atoms with Crippen LogP contribution in [-0.4, -0.2) is 47.5 Å². The van der Waals surface area contributed by atoms with E-state index in [2.05, 4.69) is 0 Å². The first-order valence-corrected chi connectivity index (χ1v) is 6.64. The summed E-state index contributed by atoms with van der Waals surface area (Å²) in [5, 5.41) is 8.76. The van der Waals surface area contributed by atoms with Crippen molar-refractivity contribution in [2.45, 2.75) is 38.2 Å². The van der Waals surface area contributed by atoms with Crippen molar-refractivity contribution >= 4 is 17.8 Å². The number of imide groups is 1. The normalized spacial score (nSPS) is 28.4. The predicted octanol–water partition coefficient (Wildman–Crippen LogP) is 0.651. The fraction of sp³-hybridized carbons (Fsp3) is 0.769. The number of likely N-dealkylation sites (tertiary alicyclic amines) is 1. The quantitative estimate of drug-likeness (QED) is 0.741. The first-order valence-electron chi connectivity index (χ1n) is 6.64. The van der Waals surface area contributed by atoms with Gasteiger partial charge >= 0.3 is 5.97 Å². The smallest absolute Gasteiger partial charge is 0.306 e. The van der Waals surface area contributed by atoms with Crippen LogP contribution in [0.3, 0.4) is 0 Å². The van der Waals surface area contributed by atoms with Crippen molar-refractivity contribution in [2.75, 3.05) is 13.7 Å². The molecular formula is C13H19NO5. The molecule has 0 aromatic heterocycles. The number of nitrogens with zero attached hydrogens (tertiary/aromatic N) is 1. The second-order valence-corrected chi connectivity index (χ2v) is 5.24. The maximum absolute atomic E-state index is 12.2. The largest absolute Gasteiger partial charge is 0.481 e. The van der Waals surface area contributed by atoms with Crippen LogP contribution >= 0.6 is 0 Å². The molecule has 1 saturated heterocycles. The van der Waals surface area contributed by atoms with Crippen LogP contribution in [0, 0.1) is 11.8 Å². The molecule has 0 bridgehead atoms. The Morgan fingerprint density at radius 2 is 1.84 bits per heavy atom. The van der Waals surface area contributed by atoms with Gasteiger partial charge in [0.15, 0.2) is 0 Å². The molecule has 2 aliphatic rings. The van der Waals surface area contributed by atoms with E-state index in [1.165, 1.54) is 12.0 Å². The monoisotopic (exact) mass is 269 g/mol. The molecule has 0 aromatic carbocycles. The number of carbonyl (C=O) groups excluding carboxylic acids is 2. The predicted molar refractivity (Wildman–Crippen MR) is 65.2 cm³/mol. The van der Waals surface area contributed by atoms with Gasteiger partial charge in [0, 0.05) is 7.11 Å². The summed E-state index contributed by atoms with van der Waals surface area (Å²) >= 11 is 0. The minimum Gasteiger partial charge on any atom is -0.481 e. The van der Waals surface area contributed by atoms with Crippen LogP contribution in [0.1, 0.15) is 32.1 Å². The minimum absolute atomic E-state index is 0.0491. The van der Waals surface area contributed by atoms with Gasteiger partial charge in [-0.1, -0.05) is 12.8 Å². The zero-order valence-electron chi connectivity index (χ0n) is 11.0. The van der Waals surface area contributed by atoms with E-state index in [1.807, 2.05) is 0 Å². The van der Waals surface area contributed by atoms with Crippen molar-refractivity contribution in [3.63, 3.8) is 0 Å². The number of fused-ring (bicyclic) bond motifs is 1. The van der Waals surface area contributed by atoms with Crippen LogP contribution in [0.4, 0.5) is 0 Å². The van der Waals surface area contributed by atoms with Crippen molar-refractivity contribution in [2.24, 2.45) is 11.8 Å². The molecule has 0 aromatic rings. The van der Waals surface area contributed by atoms with Crippen molar-refractivity contribution in [3.05, 3.63) is 0 Å². The van der Waals surface area contributed by atoms with Gasteiger partial charge in [0.05, 0.1) is 30.9 Å². The Labute approximate surface area is 111 Å². The number of hydrogen-bond donors (Lipinski definition) is 1. The van der Waals surface area contributed by atoms with Gasteiger partial charge in [0.2, 0.25) is 11.8 Å². The number of carbonyl (C=O) groups is 3. The van der Waals surface area contributed by atoms with Gasteiger partial charge in [-0.05, 0) is 12.8 Å². The second-order valence-electron chi connectivity index (χ2n) is 5.24. The SMILES string of the molecule is COC(CC(=O)O)CN1C(=O)C2CCCCC2C1=O.